The number of thiazole rings is 1. The summed E-state index contributed by atoms with van der Waals surface area (Å²) < 4.78 is 10.5. The molecule has 1 saturated heterocycles. The van der Waals surface area contributed by atoms with E-state index in [0.29, 0.717) is 28.9 Å². The number of rotatable bonds is 6. The van der Waals surface area contributed by atoms with Gasteiger partial charge in [0.25, 0.3) is 0 Å². The average molecular weight is 430 g/mol. The number of amides is 2. The van der Waals surface area contributed by atoms with E-state index >= 15 is 0 Å². The molecule has 0 spiro atoms. The molecule has 9 heteroatoms. The van der Waals surface area contributed by atoms with Crippen LogP contribution >= 0.6 is 22.7 Å². The van der Waals surface area contributed by atoms with E-state index in [1.807, 2.05) is 22.9 Å². The first-order valence-corrected chi connectivity index (χ1v) is 10.7. The number of hydrogen-bond acceptors (Lipinski definition) is 7. The van der Waals surface area contributed by atoms with Crippen LogP contribution in [0.15, 0.2) is 41.1 Å². The van der Waals surface area contributed by atoms with Crippen LogP contribution in [-0.2, 0) is 9.59 Å². The molecule has 1 N–H and O–H groups in total. The molecule has 3 heterocycles. The van der Waals surface area contributed by atoms with E-state index in [2.05, 4.69) is 10.3 Å². The Morgan fingerprint density at radius 2 is 2.03 bits per heavy atom. The highest BCUT2D eigenvalue weighted by molar-refractivity contribution is 7.16. The second-order valence-electron chi connectivity index (χ2n) is 6.45. The minimum atomic E-state index is -0.440. The maximum absolute atomic E-state index is 12.7. The molecular weight excluding hydrogens is 410 g/mol. The van der Waals surface area contributed by atoms with Gasteiger partial charge in [-0.15, -0.1) is 22.7 Å². The molecule has 1 atom stereocenters. The van der Waals surface area contributed by atoms with Crippen molar-refractivity contribution in [2.24, 2.45) is 5.92 Å². The summed E-state index contributed by atoms with van der Waals surface area (Å²) in [6.07, 6.45) is 0.156. The lowest BCUT2D eigenvalue weighted by Crippen LogP contribution is -2.28. The Hall–Kier alpha value is -2.91. The van der Waals surface area contributed by atoms with E-state index in [9.17, 15) is 9.59 Å². The third-order valence-corrected chi connectivity index (χ3v) is 6.33. The topological polar surface area (TPSA) is 80.8 Å². The van der Waals surface area contributed by atoms with Crippen LogP contribution in [0.5, 0.6) is 11.5 Å². The minimum Gasteiger partial charge on any atom is -0.493 e. The van der Waals surface area contributed by atoms with Gasteiger partial charge in [0.15, 0.2) is 16.6 Å². The van der Waals surface area contributed by atoms with E-state index in [-0.39, 0.29) is 18.2 Å². The zero-order valence-corrected chi connectivity index (χ0v) is 17.5. The van der Waals surface area contributed by atoms with Crippen molar-refractivity contribution in [2.45, 2.75) is 6.42 Å². The van der Waals surface area contributed by atoms with Crippen LogP contribution in [0.2, 0.25) is 0 Å². The van der Waals surface area contributed by atoms with Crippen molar-refractivity contribution < 1.29 is 19.1 Å². The minimum absolute atomic E-state index is 0.101. The third-order valence-electron chi connectivity index (χ3n) is 4.68. The van der Waals surface area contributed by atoms with Crippen LogP contribution in [-0.4, -0.2) is 37.6 Å². The lowest BCUT2D eigenvalue weighted by molar-refractivity contribution is -0.122. The Kier molecular flexibility index (Phi) is 5.50. The summed E-state index contributed by atoms with van der Waals surface area (Å²) in [7, 11) is 3.10. The largest absolute Gasteiger partial charge is 0.493 e. The van der Waals surface area contributed by atoms with Crippen molar-refractivity contribution >= 4 is 45.3 Å². The molecular formula is C20H19N3O4S2. The van der Waals surface area contributed by atoms with E-state index in [4.69, 9.17) is 9.47 Å². The van der Waals surface area contributed by atoms with E-state index in [0.717, 1.165) is 10.6 Å². The van der Waals surface area contributed by atoms with Gasteiger partial charge in [0.2, 0.25) is 11.8 Å². The quantitative estimate of drug-likeness (QED) is 0.643. The smallest absolute Gasteiger partial charge is 0.231 e. The SMILES string of the molecule is COc1ccc(N2CC(C(=O)Nc3nc(-c4cccs4)cs3)CC2=O)cc1OC. The summed E-state index contributed by atoms with van der Waals surface area (Å²) in [6.45, 7) is 0.309. The first-order valence-electron chi connectivity index (χ1n) is 8.91. The normalized spacial score (nSPS) is 16.1. The number of methoxy groups -OCH3 is 2. The maximum atomic E-state index is 12.7. The first kappa shape index (κ1) is 19.4. The monoisotopic (exact) mass is 429 g/mol. The van der Waals surface area contributed by atoms with Crippen molar-refractivity contribution in [3.8, 4) is 22.1 Å². The molecule has 29 heavy (non-hydrogen) atoms. The van der Waals surface area contributed by atoms with Gasteiger partial charge in [-0.1, -0.05) is 6.07 Å². The molecule has 1 aliphatic rings. The molecule has 2 amide bonds. The molecule has 2 aromatic heterocycles. The van der Waals surface area contributed by atoms with Gasteiger partial charge in [-0.05, 0) is 23.6 Å². The molecule has 1 aromatic carbocycles. The summed E-state index contributed by atoms with van der Waals surface area (Å²) in [6, 6.07) is 9.22. The number of aromatic nitrogens is 1. The number of ether oxygens (including phenoxy) is 2. The number of nitrogens with zero attached hydrogens (tertiary/aromatic N) is 2. The fraction of sp³-hybridized carbons (Fsp3) is 0.250. The summed E-state index contributed by atoms with van der Waals surface area (Å²) in [5.74, 6) is 0.381. The number of nitrogens with one attached hydrogen (secondary N) is 1. The Morgan fingerprint density at radius 3 is 2.76 bits per heavy atom. The van der Waals surface area contributed by atoms with Crippen molar-refractivity contribution in [3.63, 3.8) is 0 Å². The molecule has 4 rings (SSSR count). The summed E-state index contributed by atoms with van der Waals surface area (Å²) in [5.41, 5.74) is 1.52. The summed E-state index contributed by atoms with van der Waals surface area (Å²) in [5, 5.41) is 7.29. The van der Waals surface area contributed by atoms with Crippen LogP contribution in [0.25, 0.3) is 10.6 Å². The maximum Gasteiger partial charge on any atom is 0.231 e. The van der Waals surface area contributed by atoms with E-state index in [1.54, 1.807) is 48.7 Å². The van der Waals surface area contributed by atoms with Gasteiger partial charge in [0.05, 0.1) is 30.7 Å². The molecule has 0 bridgehead atoms. The van der Waals surface area contributed by atoms with Crippen LogP contribution in [0.4, 0.5) is 10.8 Å². The fourth-order valence-corrected chi connectivity index (χ4v) is 4.68. The van der Waals surface area contributed by atoms with Gasteiger partial charge in [0, 0.05) is 30.1 Å². The van der Waals surface area contributed by atoms with Gasteiger partial charge in [-0.3, -0.25) is 9.59 Å². The average Bonchev–Trinajstić information content (AvgIpc) is 3.48. The molecule has 3 aromatic rings. The van der Waals surface area contributed by atoms with Crippen molar-refractivity contribution in [3.05, 3.63) is 41.1 Å². The van der Waals surface area contributed by atoms with Crippen LogP contribution < -0.4 is 19.7 Å². The highest BCUT2D eigenvalue weighted by Crippen LogP contribution is 2.34. The first-order chi connectivity index (χ1) is 14.1. The zero-order valence-electron chi connectivity index (χ0n) is 15.9. The highest BCUT2D eigenvalue weighted by atomic mass is 32.1. The summed E-state index contributed by atoms with van der Waals surface area (Å²) >= 11 is 2.97. The Bertz CT molecular complexity index is 1030. The molecule has 1 aliphatic heterocycles. The lowest BCUT2D eigenvalue weighted by atomic mass is 10.1. The van der Waals surface area contributed by atoms with Crippen molar-refractivity contribution in [1.82, 2.24) is 4.98 Å². The highest BCUT2D eigenvalue weighted by Gasteiger charge is 2.35. The molecule has 0 aliphatic carbocycles. The van der Waals surface area contributed by atoms with Gasteiger partial charge >= 0.3 is 0 Å². The molecule has 0 radical (unpaired) electrons. The Balaban J connectivity index is 1.44. The van der Waals surface area contributed by atoms with Gasteiger partial charge in [0.1, 0.15) is 0 Å². The van der Waals surface area contributed by atoms with Gasteiger partial charge in [-0.25, -0.2) is 4.98 Å². The third kappa shape index (κ3) is 3.96. The molecule has 0 saturated carbocycles. The van der Waals surface area contributed by atoms with Crippen LogP contribution in [0, 0.1) is 5.92 Å². The fourth-order valence-electron chi connectivity index (χ4n) is 3.20. The second-order valence-corrected chi connectivity index (χ2v) is 8.25. The predicted molar refractivity (Wildman–Crippen MR) is 114 cm³/mol. The van der Waals surface area contributed by atoms with E-state index < -0.39 is 5.92 Å². The van der Waals surface area contributed by atoms with Gasteiger partial charge < -0.3 is 19.7 Å². The zero-order chi connectivity index (χ0) is 20.4. The number of thiophene rings is 1. The number of anilines is 2. The standard InChI is InChI=1S/C20H19N3O4S2/c1-26-15-6-5-13(9-16(15)27-2)23-10-12(8-18(23)24)19(25)22-20-21-14(11-29-20)17-4-3-7-28-17/h3-7,9,11-12H,8,10H2,1-2H3,(H,21,22,25). The van der Waals surface area contributed by atoms with Crippen molar-refractivity contribution in [1.29, 1.82) is 0 Å². The number of hydrogen-bond donors (Lipinski definition) is 1. The van der Waals surface area contributed by atoms with Crippen molar-refractivity contribution in [2.75, 3.05) is 31.0 Å². The Morgan fingerprint density at radius 1 is 1.21 bits per heavy atom. The number of carbonyl (C=O) groups excluding carboxylic acids is 2. The lowest BCUT2D eigenvalue weighted by Gasteiger charge is -2.18. The van der Waals surface area contributed by atoms with E-state index in [1.165, 1.54) is 11.3 Å². The molecule has 1 fully saturated rings. The van der Waals surface area contributed by atoms with Crippen LogP contribution in [0.3, 0.4) is 0 Å². The molecule has 7 nitrogen and oxygen atoms in total. The summed E-state index contributed by atoms with van der Waals surface area (Å²) in [4.78, 5) is 32.3. The second kappa shape index (κ2) is 8.22. The van der Waals surface area contributed by atoms with Gasteiger partial charge in [-0.2, -0.15) is 0 Å². The predicted octanol–water partition coefficient (Wildman–Crippen LogP) is 3.88. The number of benzene rings is 1. The molecule has 1 unspecified atom stereocenters. The Labute approximate surface area is 175 Å². The number of carbonyl (C=O) groups is 2. The van der Waals surface area contributed by atoms with Crippen LogP contribution in [0.1, 0.15) is 6.42 Å². The molecule has 150 valence electrons.